The fourth-order valence-corrected chi connectivity index (χ4v) is 2.96. The summed E-state index contributed by atoms with van der Waals surface area (Å²) in [6, 6.07) is 5.99. The molecule has 1 aliphatic rings. The molecule has 1 amide bonds. The molecule has 0 saturated carbocycles. The lowest BCUT2D eigenvalue weighted by molar-refractivity contribution is 0.0926. The molecule has 1 saturated heterocycles. The smallest absolute Gasteiger partial charge is 0.254 e. The predicted octanol–water partition coefficient (Wildman–Crippen LogP) is 1.31. The van der Waals surface area contributed by atoms with Crippen LogP contribution in [0.25, 0.3) is 5.69 Å². The van der Waals surface area contributed by atoms with Gasteiger partial charge in [0.2, 0.25) is 0 Å². The van der Waals surface area contributed by atoms with Crippen LogP contribution in [0.2, 0.25) is 0 Å². The van der Waals surface area contributed by atoms with Crippen molar-refractivity contribution in [2.45, 2.75) is 19.4 Å². The second kappa shape index (κ2) is 8.42. The summed E-state index contributed by atoms with van der Waals surface area (Å²) in [5.74, 6) is -0.504. The zero-order valence-electron chi connectivity index (χ0n) is 13.9. The Morgan fingerprint density at radius 2 is 2.12 bits per heavy atom. The largest absolute Gasteiger partial charge is 0.391 e. The molecule has 8 heteroatoms. The van der Waals surface area contributed by atoms with Gasteiger partial charge in [-0.25, -0.2) is 9.07 Å². The second-order valence-electron chi connectivity index (χ2n) is 5.94. The van der Waals surface area contributed by atoms with Gasteiger partial charge in [0.05, 0.1) is 29.2 Å². The molecule has 2 atom stereocenters. The SMILES string of the molecule is CCc1c(C(=O)NCC2CNCC2O)cnn1-c1ccc(F)cc1.Cl. The molecule has 0 aliphatic carbocycles. The fraction of sp³-hybridized carbons (Fsp3) is 0.412. The lowest BCUT2D eigenvalue weighted by Crippen LogP contribution is -2.34. The number of amides is 1. The first-order valence-electron chi connectivity index (χ1n) is 8.10. The van der Waals surface area contributed by atoms with Gasteiger partial charge < -0.3 is 15.7 Å². The molecule has 0 radical (unpaired) electrons. The zero-order chi connectivity index (χ0) is 17.1. The van der Waals surface area contributed by atoms with Crippen LogP contribution in [0.3, 0.4) is 0 Å². The first-order valence-corrected chi connectivity index (χ1v) is 8.10. The van der Waals surface area contributed by atoms with Crippen LogP contribution in [-0.4, -0.2) is 46.5 Å². The quantitative estimate of drug-likeness (QED) is 0.743. The lowest BCUT2D eigenvalue weighted by Gasteiger charge is -2.14. The van der Waals surface area contributed by atoms with E-state index in [1.165, 1.54) is 18.3 Å². The van der Waals surface area contributed by atoms with Crippen molar-refractivity contribution in [3.63, 3.8) is 0 Å². The van der Waals surface area contributed by atoms with Crippen LogP contribution in [0.1, 0.15) is 23.0 Å². The van der Waals surface area contributed by atoms with E-state index in [4.69, 9.17) is 0 Å². The highest BCUT2D eigenvalue weighted by molar-refractivity contribution is 5.95. The molecular formula is C17H22ClFN4O2. The molecule has 1 fully saturated rings. The Morgan fingerprint density at radius 3 is 2.72 bits per heavy atom. The zero-order valence-corrected chi connectivity index (χ0v) is 14.7. The Morgan fingerprint density at radius 1 is 1.40 bits per heavy atom. The van der Waals surface area contributed by atoms with Crippen molar-refractivity contribution in [2.24, 2.45) is 5.92 Å². The van der Waals surface area contributed by atoms with Crippen molar-refractivity contribution in [3.05, 3.63) is 47.5 Å². The molecule has 136 valence electrons. The van der Waals surface area contributed by atoms with E-state index in [-0.39, 0.29) is 30.0 Å². The molecule has 3 rings (SSSR count). The Balaban J connectivity index is 0.00000225. The molecule has 2 heterocycles. The van der Waals surface area contributed by atoms with Crippen LogP contribution in [0.5, 0.6) is 0 Å². The summed E-state index contributed by atoms with van der Waals surface area (Å²) in [7, 11) is 0. The molecule has 25 heavy (non-hydrogen) atoms. The van der Waals surface area contributed by atoms with E-state index in [9.17, 15) is 14.3 Å². The third-order valence-corrected chi connectivity index (χ3v) is 4.35. The van der Waals surface area contributed by atoms with Gasteiger partial charge in [-0.05, 0) is 30.7 Å². The van der Waals surface area contributed by atoms with E-state index in [0.717, 1.165) is 5.69 Å². The Hall–Kier alpha value is -1.96. The second-order valence-corrected chi connectivity index (χ2v) is 5.94. The average Bonchev–Trinajstić information content (AvgIpc) is 3.19. The molecule has 0 bridgehead atoms. The molecule has 1 aromatic carbocycles. The van der Waals surface area contributed by atoms with Crippen LogP contribution < -0.4 is 10.6 Å². The molecule has 0 spiro atoms. The van der Waals surface area contributed by atoms with Crippen LogP contribution >= 0.6 is 12.4 Å². The van der Waals surface area contributed by atoms with Gasteiger partial charge in [-0.15, -0.1) is 12.4 Å². The summed E-state index contributed by atoms with van der Waals surface area (Å²) in [6.45, 7) is 3.61. The lowest BCUT2D eigenvalue weighted by atomic mass is 10.1. The number of hydrogen-bond acceptors (Lipinski definition) is 4. The minimum atomic E-state index is -0.433. The fourth-order valence-electron chi connectivity index (χ4n) is 2.96. The van der Waals surface area contributed by atoms with Crippen molar-refractivity contribution in [1.82, 2.24) is 20.4 Å². The molecule has 1 aliphatic heterocycles. The molecule has 2 aromatic rings. The monoisotopic (exact) mass is 368 g/mol. The molecule has 3 N–H and O–H groups in total. The highest BCUT2D eigenvalue weighted by Crippen LogP contribution is 2.17. The number of β-amino-alcohol motifs (C(OH)–C–C–N with tert-alkyl or cyclic N) is 1. The number of nitrogens with one attached hydrogen (secondary N) is 2. The van der Waals surface area contributed by atoms with E-state index in [0.29, 0.717) is 37.3 Å². The van der Waals surface area contributed by atoms with Crippen molar-refractivity contribution in [1.29, 1.82) is 0 Å². The van der Waals surface area contributed by atoms with Gasteiger partial charge >= 0.3 is 0 Å². The number of rotatable bonds is 5. The normalized spacial score (nSPS) is 19.5. The number of carbonyl (C=O) groups excluding carboxylic acids is 1. The third-order valence-electron chi connectivity index (χ3n) is 4.35. The molecule has 1 aromatic heterocycles. The number of aliphatic hydroxyl groups is 1. The van der Waals surface area contributed by atoms with Gasteiger partial charge in [-0.1, -0.05) is 6.92 Å². The maximum absolute atomic E-state index is 13.1. The summed E-state index contributed by atoms with van der Waals surface area (Å²) in [5, 5.41) is 20.0. The summed E-state index contributed by atoms with van der Waals surface area (Å²) in [5.41, 5.74) is 1.98. The highest BCUT2D eigenvalue weighted by atomic mass is 35.5. The number of carbonyl (C=O) groups is 1. The Kier molecular flexibility index (Phi) is 6.52. The minimum Gasteiger partial charge on any atom is -0.391 e. The number of hydrogen-bond donors (Lipinski definition) is 3. The maximum Gasteiger partial charge on any atom is 0.254 e. The summed E-state index contributed by atoms with van der Waals surface area (Å²) >= 11 is 0. The number of aromatic nitrogens is 2. The van der Waals surface area contributed by atoms with Crippen LogP contribution in [-0.2, 0) is 6.42 Å². The van der Waals surface area contributed by atoms with E-state index < -0.39 is 6.10 Å². The van der Waals surface area contributed by atoms with E-state index in [2.05, 4.69) is 15.7 Å². The van der Waals surface area contributed by atoms with Gasteiger partial charge in [0.25, 0.3) is 5.91 Å². The number of aliphatic hydroxyl groups excluding tert-OH is 1. The topological polar surface area (TPSA) is 79.2 Å². The standard InChI is InChI=1S/C17H21FN4O2.ClH/c1-2-15-14(17(24)20-8-11-7-19-10-16(11)23)9-21-22(15)13-5-3-12(18)4-6-13;/h3-6,9,11,16,19,23H,2,7-8,10H2,1H3,(H,20,24);1H. The van der Waals surface area contributed by atoms with Gasteiger partial charge in [-0.2, -0.15) is 5.10 Å². The van der Waals surface area contributed by atoms with Crippen LogP contribution in [0.15, 0.2) is 30.5 Å². The third kappa shape index (κ3) is 4.18. The van der Waals surface area contributed by atoms with Crippen molar-refractivity contribution in [2.75, 3.05) is 19.6 Å². The molecule has 2 unspecified atom stereocenters. The Labute approximate surface area is 151 Å². The number of nitrogens with zero attached hydrogens (tertiary/aromatic N) is 2. The Bertz CT molecular complexity index is 720. The molecule has 6 nitrogen and oxygen atoms in total. The summed E-state index contributed by atoms with van der Waals surface area (Å²) in [4.78, 5) is 12.5. The van der Waals surface area contributed by atoms with Crippen molar-refractivity contribution >= 4 is 18.3 Å². The van der Waals surface area contributed by atoms with Gasteiger partial charge in [0, 0.05) is 25.6 Å². The minimum absolute atomic E-state index is 0. The van der Waals surface area contributed by atoms with Gasteiger partial charge in [0.1, 0.15) is 5.82 Å². The van der Waals surface area contributed by atoms with Crippen molar-refractivity contribution in [3.8, 4) is 5.69 Å². The highest BCUT2D eigenvalue weighted by Gasteiger charge is 2.26. The van der Waals surface area contributed by atoms with E-state index >= 15 is 0 Å². The predicted molar refractivity (Wildman–Crippen MR) is 94.8 cm³/mol. The first-order chi connectivity index (χ1) is 11.6. The maximum atomic E-state index is 13.1. The molecular weight excluding hydrogens is 347 g/mol. The number of benzene rings is 1. The van der Waals surface area contributed by atoms with Crippen LogP contribution in [0, 0.1) is 11.7 Å². The van der Waals surface area contributed by atoms with Gasteiger partial charge in [0.15, 0.2) is 0 Å². The number of halogens is 2. The first kappa shape index (κ1) is 19.4. The van der Waals surface area contributed by atoms with E-state index in [1.54, 1.807) is 16.8 Å². The average molecular weight is 369 g/mol. The summed E-state index contributed by atoms with van der Waals surface area (Å²) < 4.78 is 14.7. The summed E-state index contributed by atoms with van der Waals surface area (Å²) in [6.07, 6.45) is 1.71. The van der Waals surface area contributed by atoms with Crippen molar-refractivity contribution < 1.29 is 14.3 Å². The van der Waals surface area contributed by atoms with Gasteiger partial charge in [-0.3, -0.25) is 4.79 Å². The van der Waals surface area contributed by atoms with E-state index in [1.807, 2.05) is 6.92 Å². The van der Waals surface area contributed by atoms with Crippen LogP contribution in [0.4, 0.5) is 4.39 Å².